The fourth-order valence-corrected chi connectivity index (χ4v) is 2.96. The zero-order valence-electron chi connectivity index (χ0n) is 15.2. The van der Waals surface area contributed by atoms with Crippen LogP contribution in [0, 0.1) is 6.92 Å². The molecule has 1 atom stereocenters. The third-order valence-corrected chi connectivity index (χ3v) is 4.36. The smallest absolute Gasteiger partial charge is 0.338 e. The molecule has 0 saturated carbocycles. The van der Waals surface area contributed by atoms with Gasteiger partial charge >= 0.3 is 5.97 Å². The largest absolute Gasteiger partial charge is 0.489 e. The zero-order valence-corrected chi connectivity index (χ0v) is 15.2. The van der Waals surface area contributed by atoms with Gasteiger partial charge in [0.1, 0.15) is 18.5 Å². The highest BCUT2D eigenvalue weighted by atomic mass is 16.5. The van der Waals surface area contributed by atoms with Crippen LogP contribution in [-0.4, -0.2) is 55.4 Å². The molecule has 0 bridgehead atoms. The molecule has 0 radical (unpaired) electrons. The van der Waals surface area contributed by atoms with Crippen LogP contribution < -0.4 is 4.74 Å². The maximum Gasteiger partial charge on any atom is 0.338 e. The Labute approximate surface area is 153 Å². The van der Waals surface area contributed by atoms with Crippen LogP contribution in [0.15, 0.2) is 42.6 Å². The second kappa shape index (κ2) is 8.78. The van der Waals surface area contributed by atoms with Gasteiger partial charge in [-0.3, -0.25) is 9.88 Å². The highest BCUT2D eigenvalue weighted by molar-refractivity contribution is 5.90. The summed E-state index contributed by atoms with van der Waals surface area (Å²) in [6.45, 7) is 5.29. The number of esters is 1. The molecule has 2 heterocycles. The molecular formula is C20H24N2O4. The number of nitrogens with zero attached hydrogens (tertiary/aromatic N) is 2. The maximum absolute atomic E-state index is 11.9. The second-order valence-electron chi connectivity index (χ2n) is 6.32. The van der Waals surface area contributed by atoms with E-state index in [1.54, 1.807) is 12.3 Å². The first-order valence-corrected chi connectivity index (χ1v) is 8.71. The molecule has 3 rings (SSSR count). The molecule has 1 aromatic carbocycles. The van der Waals surface area contributed by atoms with Gasteiger partial charge in [0.05, 0.1) is 25.5 Å². The van der Waals surface area contributed by atoms with Gasteiger partial charge in [-0.2, -0.15) is 0 Å². The average Bonchev–Trinajstić information content (AvgIpc) is 2.68. The van der Waals surface area contributed by atoms with Crippen molar-refractivity contribution in [1.29, 1.82) is 0 Å². The number of ether oxygens (including phenoxy) is 3. The molecule has 1 saturated heterocycles. The van der Waals surface area contributed by atoms with E-state index in [-0.39, 0.29) is 12.1 Å². The molecule has 0 spiro atoms. The summed E-state index contributed by atoms with van der Waals surface area (Å²) in [5.74, 6) is 0.438. The van der Waals surface area contributed by atoms with E-state index in [9.17, 15) is 4.79 Å². The lowest BCUT2D eigenvalue weighted by Gasteiger charge is -2.33. The molecule has 1 aliphatic heterocycles. The van der Waals surface area contributed by atoms with Crippen LogP contribution in [0.1, 0.15) is 21.6 Å². The van der Waals surface area contributed by atoms with E-state index < -0.39 is 0 Å². The summed E-state index contributed by atoms with van der Waals surface area (Å²) >= 11 is 0. The number of aryl methyl sites for hydroxylation is 1. The van der Waals surface area contributed by atoms with Crippen LogP contribution in [0.2, 0.25) is 0 Å². The van der Waals surface area contributed by atoms with Gasteiger partial charge in [0.15, 0.2) is 0 Å². The highest BCUT2D eigenvalue weighted by Gasteiger charge is 2.23. The first kappa shape index (κ1) is 18.4. The molecule has 26 heavy (non-hydrogen) atoms. The molecule has 0 aliphatic carbocycles. The first-order valence-electron chi connectivity index (χ1n) is 8.71. The van der Waals surface area contributed by atoms with Gasteiger partial charge in [0.2, 0.25) is 0 Å². The summed E-state index contributed by atoms with van der Waals surface area (Å²) in [4.78, 5) is 18.4. The molecule has 0 amide bonds. The van der Waals surface area contributed by atoms with Crippen molar-refractivity contribution in [2.24, 2.45) is 0 Å². The minimum atomic E-state index is -0.305. The Bertz CT molecular complexity index is 733. The second-order valence-corrected chi connectivity index (χ2v) is 6.32. The van der Waals surface area contributed by atoms with Gasteiger partial charge in [-0.05, 0) is 30.7 Å². The Morgan fingerprint density at radius 1 is 1.31 bits per heavy atom. The number of aromatic nitrogens is 1. The molecule has 138 valence electrons. The van der Waals surface area contributed by atoms with Crippen LogP contribution in [0.4, 0.5) is 0 Å². The van der Waals surface area contributed by atoms with Gasteiger partial charge in [-0.1, -0.05) is 18.2 Å². The summed E-state index contributed by atoms with van der Waals surface area (Å²) in [5.41, 5.74) is 2.53. The molecule has 2 aromatic rings. The molecule has 1 aromatic heterocycles. The molecule has 1 aliphatic rings. The van der Waals surface area contributed by atoms with Gasteiger partial charge in [0.25, 0.3) is 0 Å². The third kappa shape index (κ3) is 4.80. The SMILES string of the molecule is COC(=O)c1ccccc1CN1CCOC(COc2ccc(C)nc2)C1. The quantitative estimate of drug-likeness (QED) is 0.741. The molecule has 6 nitrogen and oxygen atoms in total. The summed E-state index contributed by atoms with van der Waals surface area (Å²) in [7, 11) is 1.40. The van der Waals surface area contributed by atoms with Crippen molar-refractivity contribution < 1.29 is 19.0 Å². The standard InChI is InChI=1S/C20H24N2O4/c1-15-7-8-17(11-21-15)26-14-18-13-22(9-10-25-18)12-16-5-3-4-6-19(16)20(23)24-2/h3-8,11,18H,9-10,12-14H2,1-2H3. The molecule has 1 fully saturated rings. The number of methoxy groups -OCH3 is 1. The lowest BCUT2D eigenvalue weighted by Crippen LogP contribution is -2.44. The Hall–Kier alpha value is -2.44. The summed E-state index contributed by atoms with van der Waals surface area (Å²) < 4.78 is 16.5. The summed E-state index contributed by atoms with van der Waals surface area (Å²) in [6.07, 6.45) is 1.71. The van der Waals surface area contributed by atoms with Gasteiger partial charge in [0, 0.05) is 25.3 Å². The van der Waals surface area contributed by atoms with Gasteiger partial charge in [-0.25, -0.2) is 4.79 Å². The van der Waals surface area contributed by atoms with Crippen molar-refractivity contribution >= 4 is 5.97 Å². The van der Waals surface area contributed by atoms with Gasteiger partial charge < -0.3 is 14.2 Å². The van der Waals surface area contributed by atoms with E-state index in [0.717, 1.165) is 30.1 Å². The topological polar surface area (TPSA) is 60.9 Å². The van der Waals surface area contributed by atoms with E-state index in [1.165, 1.54) is 7.11 Å². The molecule has 0 N–H and O–H groups in total. The van der Waals surface area contributed by atoms with Crippen molar-refractivity contribution in [3.8, 4) is 5.75 Å². The third-order valence-electron chi connectivity index (χ3n) is 4.36. The molecular weight excluding hydrogens is 332 g/mol. The van der Waals surface area contributed by atoms with Gasteiger partial charge in [-0.15, -0.1) is 0 Å². The van der Waals surface area contributed by atoms with Crippen LogP contribution >= 0.6 is 0 Å². The molecule has 6 heteroatoms. The van der Waals surface area contributed by atoms with E-state index in [4.69, 9.17) is 14.2 Å². The zero-order chi connectivity index (χ0) is 18.4. The minimum Gasteiger partial charge on any atom is -0.489 e. The number of carbonyl (C=O) groups is 1. The Morgan fingerprint density at radius 3 is 2.92 bits per heavy atom. The number of hydrogen-bond acceptors (Lipinski definition) is 6. The number of hydrogen-bond donors (Lipinski definition) is 0. The Balaban J connectivity index is 1.57. The van der Waals surface area contributed by atoms with E-state index in [0.29, 0.717) is 25.3 Å². The van der Waals surface area contributed by atoms with Crippen molar-refractivity contribution in [3.63, 3.8) is 0 Å². The van der Waals surface area contributed by atoms with Crippen LogP contribution in [-0.2, 0) is 16.0 Å². The monoisotopic (exact) mass is 356 g/mol. The van der Waals surface area contributed by atoms with Crippen molar-refractivity contribution in [1.82, 2.24) is 9.88 Å². The predicted molar refractivity (Wildman–Crippen MR) is 97.3 cm³/mol. The minimum absolute atomic E-state index is 0.0182. The lowest BCUT2D eigenvalue weighted by atomic mass is 10.1. The predicted octanol–water partition coefficient (Wildman–Crippen LogP) is 2.46. The Kier molecular flexibility index (Phi) is 6.20. The van der Waals surface area contributed by atoms with Crippen LogP contribution in [0.5, 0.6) is 5.75 Å². The average molecular weight is 356 g/mol. The highest BCUT2D eigenvalue weighted by Crippen LogP contribution is 2.16. The lowest BCUT2D eigenvalue weighted by molar-refractivity contribution is -0.0505. The van der Waals surface area contributed by atoms with E-state index in [2.05, 4.69) is 9.88 Å². The normalized spacial score (nSPS) is 17.7. The first-order chi connectivity index (χ1) is 12.7. The number of benzene rings is 1. The van der Waals surface area contributed by atoms with E-state index in [1.807, 2.05) is 37.3 Å². The van der Waals surface area contributed by atoms with Crippen molar-refractivity contribution in [2.45, 2.75) is 19.6 Å². The summed E-state index contributed by atoms with van der Waals surface area (Å²) in [5, 5.41) is 0. The number of carbonyl (C=O) groups excluding carboxylic acids is 1. The fraction of sp³-hybridized carbons (Fsp3) is 0.400. The number of morpholine rings is 1. The van der Waals surface area contributed by atoms with Crippen LogP contribution in [0.25, 0.3) is 0 Å². The fourth-order valence-electron chi connectivity index (χ4n) is 2.96. The number of pyridine rings is 1. The number of rotatable bonds is 6. The van der Waals surface area contributed by atoms with Crippen LogP contribution in [0.3, 0.4) is 0 Å². The van der Waals surface area contributed by atoms with Crippen molar-refractivity contribution in [3.05, 3.63) is 59.4 Å². The Morgan fingerprint density at radius 2 is 2.15 bits per heavy atom. The maximum atomic E-state index is 11.9. The molecule has 1 unspecified atom stereocenters. The van der Waals surface area contributed by atoms with Crippen molar-refractivity contribution in [2.75, 3.05) is 33.4 Å². The van der Waals surface area contributed by atoms with E-state index >= 15 is 0 Å². The summed E-state index contributed by atoms with van der Waals surface area (Å²) in [6, 6.07) is 11.4.